The first-order valence-electron chi connectivity index (χ1n) is 3.55. The highest BCUT2D eigenvalue weighted by atomic mass is 79.9. The molecule has 0 saturated carbocycles. The summed E-state index contributed by atoms with van der Waals surface area (Å²) in [7, 11) is 0. The molecule has 0 atom stereocenters. The Morgan fingerprint density at radius 1 is 1.11 bits per heavy atom. The van der Waals surface area contributed by atoms with E-state index in [1.54, 1.807) is 0 Å². The average Bonchev–Trinajstić information content (AvgIpc) is 2.12. The van der Waals surface area contributed by atoms with Crippen molar-refractivity contribution in [3.05, 3.63) is 0 Å². The fraction of sp³-hybridized carbons (Fsp3) is 1.00. The number of rotatable bonds is 1. The lowest BCUT2D eigenvalue weighted by atomic mass is 10.3. The Morgan fingerprint density at radius 2 is 1.56 bits per heavy atom. The van der Waals surface area contributed by atoms with Crippen LogP contribution in [0.2, 0.25) is 0 Å². The molecule has 1 fully saturated rings. The molecular weight excluding hydrogens is 178 g/mol. The van der Waals surface area contributed by atoms with E-state index in [1.165, 1.54) is 25.9 Å². The molecular formula is C7H16BrN. The molecule has 0 unspecified atom stereocenters. The van der Waals surface area contributed by atoms with Crippen molar-refractivity contribution < 1.29 is 0 Å². The van der Waals surface area contributed by atoms with E-state index in [9.17, 15) is 0 Å². The summed E-state index contributed by atoms with van der Waals surface area (Å²) < 4.78 is 0. The van der Waals surface area contributed by atoms with Gasteiger partial charge in [0.2, 0.25) is 0 Å². The molecule has 0 aromatic carbocycles. The summed E-state index contributed by atoms with van der Waals surface area (Å²) in [5.41, 5.74) is 0. The molecule has 0 aromatic heterocycles. The second-order valence-electron chi connectivity index (χ2n) is 2.84. The summed E-state index contributed by atoms with van der Waals surface area (Å²) in [6.45, 7) is 7.20. The first kappa shape index (κ1) is 9.44. The molecule has 0 bridgehead atoms. The van der Waals surface area contributed by atoms with Crippen LogP contribution in [0, 0.1) is 0 Å². The van der Waals surface area contributed by atoms with Gasteiger partial charge in [-0.25, -0.2) is 0 Å². The highest BCUT2D eigenvalue weighted by Crippen LogP contribution is 2.09. The van der Waals surface area contributed by atoms with Gasteiger partial charge in [-0.15, -0.1) is 17.0 Å². The Balaban J connectivity index is 0.000000640. The molecule has 0 spiro atoms. The van der Waals surface area contributed by atoms with Crippen molar-refractivity contribution in [2.75, 3.05) is 13.1 Å². The minimum Gasteiger partial charge on any atom is -0.301 e. The number of likely N-dealkylation sites (tertiary alicyclic amines) is 1. The van der Waals surface area contributed by atoms with E-state index in [1.807, 2.05) is 0 Å². The van der Waals surface area contributed by atoms with Crippen molar-refractivity contribution in [3.63, 3.8) is 0 Å². The lowest BCUT2D eigenvalue weighted by Gasteiger charge is -2.18. The zero-order valence-corrected chi connectivity index (χ0v) is 7.97. The molecule has 0 N–H and O–H groups in total. The van der Waals surface area contributed by atoms with E-state index < -0.39 is 0 Å². The number of halogens is 1. The van der Waals surface area contributed by atoms with Gasteiger partial charge in [0, 0.05) is 6.04 Å². The van der Waals surface area contributed by atoms with Gasteiger partial charge in [-0.1, -0.05) is 0 Å². The third kappa shape index (κ3) is 2.67. The Kier molecular flexibility index (Phi) is 4.50. The van der Waals surface area contributed by atoms with Crippen LogP contribution in [0.4, 0.5) is 0 Å². The summed E-state index contributed by atoms with van der Waals surface area (Å²) in [6.07, 6.45) is 2.83. The van der Waals surface area contributed by atoms with Gasteiger partial charge in [-0.3, -0.25) is 0 Å². The van der Waals surface area contributed by atoms with Crippen molar-refractivity contribution in [3.8, 4) is 0 Å². The van der Waals surface area contributed by atoms with E-state index in [0.717, 1.165) is 6.04 Å². The van der Waals surface area contributed by atoms with Crippen LogP contribution in [-0.2, 0) is 0 Å². The monoisotopic (exact) mass is 193 g/mol. The smallest absolute Gasteiger partial charge is 0.00385 e. The zero-order valence-electron chi connectivity index (χ0n) is 6.26. The molecule has 1 aliphatic rings. The lowest BCUT2D eigenvalue weighted by Crippen LogP contribution is -2.26. The SMILES string of the molecule is Br.CC(C)N1CCCC1. The van der Waals surface area contributed by atoms with Gasteiger partial charge in [0.25, 0.3) is 0 Å². The van der Waals surface area contributed by atoms with E-state index in [2.05, 4.69) is 18.7 Å². The maximum absolute atomic E-state index is 2.53. The van der Waals surface area contributed by atoms with Crippen LogP contribution in [0.15, 0.2) is 0 Å². The van der Waals surface area contributed by atoms with Crippen LogP contribution >= 0.6 is 17.0 Å². The summed E-state index contributed by atoms with van der Waals surface area (Å²) >= 11 is 0. The Labute approximate surface area is 68.2 Å². The van der Waals surface area contributed by atoms with Crippen molar-refractivity contribution >= 4 is 17.0 Å². The van der Waals surface area contributed by atoms with Crippen LogP contribution in [0.1, 0.15) is 26.7 Å². The van der Waals surface area contributed by atoms with Gasteiger partial charge >= 0.3 is 0 Å². The molecule has 2 heteroatoms. The molecule has 1 nitrogen and oxygen atoms in total. The summed E-state index contributed by atoms with van der Waals surface area (Å²) in [5.74, 6) is 0. The fourth-order valence-electron chi connectivity index (χ4n) is 1.26. The van der Waals surface area contributed by atoms with Gasteiger partial charge in [-0.2, -0.15) is 0 Å². The molecule has 0 amide bonds. The molecule has 1 aliphatic heterocycles. The van der Waals surface area contributed by atoms with Crippen LogP contribution in [0.3, 0.4) is 0 Å². The predicted octanol–water partition coefficient (Wildman–Crippen LogP) is 2.07. The van der Waals surface area contributed by atoms with E-state index in [4.69, 9.17) is 0 Å². The lowest BCUT2D eigenvalue weighted by molar-refractivity contribution is 0.276. The summed E-state index contributed by atoms with van der Waals surface area (Å²) in [4.78, 5) is 2.53. The van der Waals surface area contributed by atoms with Crippen LogP contribution < -0.4 is 0 Å². The quantitative estimate of drug-likeness (QED) is 0.617. The van der Waals surface area contributed by atoms with Crippen molar-refractivity contribution in [2.24, 2.45) is 0 Å². The first-order chi connectivity index (χ1) is 3.80. The molecule has 1 saturated heterocycles. The maximum atomic E-state index is 2.53. The Hall–Kier alpha value is 0.440. The van der Waals surface area contributed by atoms with Crippen molar-refractivity contribution in [1.29, 1.82) is 0 Å². The van der Waals surface area contributed by atoms with Gasteiger partial charge in [-0.05, 0) is 39.8 Å². The normalized spacial score (nSPS) is 20.3. The van der Waals surface area contributed by atoms with Gasteiger partial charge in [0.15, 0.2) is 0 Å². The van der Waals surface area contributed by atoms with Gasteiger partial charge < -0.3 is 4.90 Å². The number of nitrogens with zero attached hydrogens (tertiary/aromatic N) is 1. The van der Waals surface area contributed by atoms with Crippen LogP contribution in [0.5, 0.6) is 0 Å². The first-order valence-corrected chi connectivity index (χ1v) is 3.55. The van der Waals surface area contributed by atoms with Crippen LogP contribution in [0.25, 0.3) is 0 Å². The van der Waals surface area contributed by atoms with E-state index in [-0.39, 0.29) is 17.0 Å². The fourth-order valence-corrected chi connectivity index (χ4v) is 1.26. The molecule has 9 heavy (non-hydrogen) atoms. The largest absolute Gasteiger partial charge is 0.301 e. The second kappa shape index (κ2) is 4.29. The van der Waals surface area contributed by atoms with Gasteiger partial charge in [0.1, 0.15) is 0 Å². The minimum atomic E-state index is 0. The topological polar surface area (TPSA) is 3.24 Å². The molecule has 0 aliphatic carbocycles. The Morgan fingerprint density at radius 3 is 1.78 bits per heavy atom. The maximum Gasteiger partial charge on any atom is 0.00385 e. The average molecular weight is 194 g/mol. The summed E-state index contributed by atoms with van der Waals surface area (Å²) in [6, 6.07) is 0.775. The number of hydrogen-bond acceptors (Lipinski definition) is 1. The summed E-state index contributed by atoms with van der Waals surface area (Å²) in [5, 5.41) is 0. The Bertz CT molecular complexity index is 67.3. The van der Waals surface area contributed by atoms with E-state index >= 15 is 0 Å². The molecule has 0 aromatic rings. The standard InChI is InChI=1S/C7H15N.BrH/c1-7(2)8-5-3-4-6-8;/h7H,3-6H2,1-2H3;1H. The van der Waals surface area contributed by atoms with Crippen molar-refractivity contribution in [1.82, 2.24) is 4.90 Å². The third-order valence-corrected chi connectivity index (χ3v) is 1.87. The molecule has 56 valence electrons. The highest BCUT2D eigenvalue weighted by Gasteiger charge is 2.13. The van der Waals surface area contributed by atoms with Crippen LogP contribution in [-0.4, -0.2) is 24.0 Å². The second-order valence-corrected chi connectivity index (χ2v) is 2.84. The third-order valence-electron chi connectivity index (χ3n) is 1.87. The highest BCUT2D eigenvalue weighted by molar-refractivity contribution is 8.93. The predicted molar refractivity (Wildman–Crippen MR) is 46.3 cm³/mol. The molecule has 1 heterocycles. The van der Waals surface area contributed by atoms with Gasteiger partial charge in [0.05, 0.1) is 0 Å². The molecule has 1 rings (SSSR count). The zero-order chi connectivity index (χ0) is 5.98. The van der Waals surface area contributed by atoms with E-state index in [0.29, 0.717) is 0 Å². The molecule has 0 radical (unpaired) electrons. The minimum absolute atomic E-state index is 0. The van der Waals surface area contributed by atoms with Crippen molar-refractivity contribution in [2.45, 2.75) is 32.7 Å². The number of hydrogen-bond donors (Lipinski definition) is 0.